The van der Waals surface area contributed by atoms with Crippen molar-refractivity contribution >= 4 is 29.0 Å². The highest BCUT2D eigenvalue weighted by atomic mass is 35.5. The Hall–Kier alpha value is -3.05. The van der Waals surface area contributed by atoms with Gasteiger partial charge in [-0.2, -0.15) is 0 Å². The first-order valence-electron chi connectivity index (χ1n) is 10.2. The van der Waals surface area contributed by atoms with Crippen LogP contribution in [0.4, 0.5) is 5.69 Å². The summed E-state index contributed by atoms with van der Waals surface area (Å²) in [6.07, 6.45) is 5.68. The summed E-state index contributed by atoms with van der Waals surface area (Å²) < 4.78 is 0. The van der Waals surface area contributed by atoms with Crippen molar-refractivity contribution in [2.45, 2.75) is 33.6 Å². The third kappa shape index (κ3) is 5.56. The molecule has 0 radical (unpaired) electrons. The van der Waals surface area contributed by atoms with Crippen molar-refractivity contribution < 1.29 is 9.59 Å². The molecule has 0 bridgehead atoms. The van der Waals surface area contributed by atoms with Gasteiger partial charge in [-0.05, 0) is 48.7 Å². The van der Waals surface area contributed by atoms with Crippen LogP contribution in [0.15, 0.2) is 55.0 Å². The summed E-state index contributed by atoms with van der Waals surface area (Å²) >= 11 is 6.50. The van der Waals surface area contributed by atoms with Gasteiger partial charge in [-0.3, -0.25) is 19.6 Å². The second-order valence-electron chi connectivity index (χ2n) is 7.92. The van der Waals surface area contributed by atoms with Crippen molar-refractivity contribution in [3.8, 4) is 11.1 Å². The topological polar surface area (TPSA) is 63.2 Å². The van der Waals surface area contributed by atoms with Gasteiger partial charge in [-0.1, -0.05) is 37.6 Å². The maximum absolute atomic E-state index is 13.0. The van der Waals surface area contributed by atoms with Crippen LogP contribution in [0.3, 0.4) is 0 Å². The molecule has 0 aliphatic rings. The number of ketones is 1. The number of carbonyl (C=O) groups is 2. The van der Waals surface area contributed by atoms with E-state index in [9.17, 15) is 9.59 Å². The lowest BCUT2D eigenvalue weighted by Gasteiger charge is -2.21. The van der Waals surface area contributed by atoms with E-state index in [1.807, 2.05) is 51.1 Å². The van der Waals surface area contributed by atoms with E-state index in [0.717, 1.165) is 22.4 Å². The molecule has 1 aromatic heterocycles. The van der Waals surface area contributed by atoms with Crippen molar-refractivity contribution in [1.29, 1.82) is 0 Å². The molecule has 1 heterocycles. The minimum Gasteiger partial charge on any atom is -0.315 e. The highest BCUT2D eigenvalue weighted by Gasteiger charge is 2.19. The molecule has 2 aromatic carbocycles. The third-order valence-corrected chi connectivity index (χ3v) is 5.42. The van der Waals surface area contributed by atoms with Gasteiger partial charge in [0.2, 0.25) is 5.91 Å². The standard InChI is InChI=1S/C25H26ClN3O2/c1-16(2)25(31)29(4)21-13-18(22-7-5-17(3)11-23(22)26)12-19(14-21)24(30)8-6-20-15-27-9-10-28-20/h5,7,9-16H,6,8H2,1-4H3. The highest BCUT2D eigenvalue weighted by Crippen LogP contribution is 2.33. The van der Waals surface area contributed by atoms with Crippen LogP contribution in [-0.4, -0.2) is 28.7 Å². The summed E-state index contributed by atoms with van der Waals surface area (Å²) in [5.41, 5.74) is 4.64. The van der Waals surface area contributed by atoms with Crippen LogP contribution in [0.25, 0.3) is 11.1 Å². The molecule has 0 saturated carbocycles. The number of nitrogens with zero attached hydrogens (tertiary/aromatic N) is 3. The Kier molecular flexibility index (Phi) is 7.18. The molecule has 5 nitrogen and oxygen atoms in total. The molecule has 0 N–H and O–H groups in total. The van der Waals surface area contributed by atoms with E-state index in [2.05, 4.69) is 9.97 Å². The molecule has 1 amide bonds. The van der Waals surface area contributed by atoms with Crippen LogP contribution < -0.4 is 4.90 Å². The number of rotatable bonds is 7. The molecule has 3 rings (SSSR count). The normalized spacial score (nSPS) is 10.9. The number of aromatic nitrogens is 2. The first-order chi connectivity index (χ1) is 14.8. The number of hydrogen-bond acceptors (Lipinski definition) is 4. The Balaban J connectivity index is 1.99. The molecule has 6 heteroatoms. The summed E-state index contributed by atoms with van der Waals surface area (Å²) in [7, 11) is 1.73. The molecule has 3 aromatic rings. The first kappa shape index (κ1) is 22.6. The third-order valence-electron chi connectivity index (χ3n) is 5.11. The van der Waals surface area contributed by atoms with Gasteiger partial charge in [-0.25, -0.2) is 0 Å². The predicted octanol–water partition coefficient (Wildman–Crippen LogP) is 5.54. The van der Waals surface area contributed by atoms with Crippen LogP contribution >= 0.6 is 11.6 Å². The van der Waals surface area contributed by atoms with Crippen LogP contribution in [0.5, 0.6) is 0 Å². The first-order valence-corrected chi connectivity index (χ1v) is 10.6. The van der Waals surface area contributed by atoms with Gasteiger partial charge in [0.25, 0.3) is 0 Å². The Morgan fingerprint density at radius 3 is 2.52 bits per heavy atom. The summed E-state index contributed by atoms with van der Waals surface area (Å²) in [6, 6.07) is 11.3. The second kappa shape index (κ2) is 9.84. The number of benzene rings is 2. The predicted molar refractivity (Wildman–Crippen MR) is 125 cm³/mol. The molecule has 31 heavy (non-hydrogen) atoms. The van der Waals surface area contributed by atoms with Crippen molar-refractivity contribution in [2.24, 2.45) is 5.92 Å². The van der Waals surface area contributed by atoms with E-state index in [1.54, 1.807) is 36.6 Å². The van der Waals surface area contributed by atoms with E-state index < -0.39 is 0 Å². The monoisotopic (exact) mass is 435 g/mol. The number of halogens is 1. The molecule has 0 saturated heterocycles. The van der Waals surface area contributed by atoms with Gasteiger partial charge in [0.05, 0.1) is 5.69 Å². The number of carbonyl (C=O) groups excluding carboxylic acids is 2. The van der Waals surface area contributed by atoms with E-state index in [1.165, 1.54) is 0 Å². The average Bonchev–Trinajstić information content (AvgIpc) is 2.76. The largest absolute Gasteiger partial charge is 0.315 e. The van der Waals surface area contributed by atoms with Crippen molar-refractivity contribution in [2.75, 3.05) is 11.9 Å². The van der Waals surface area contributed by atoms with Gasteiger partial charge in [0, 0.05) is 59.8 Å². The molecule has 0 atom stereocenters. The number of Topliss-reactive ketones (excluding diaryl/α,β-unsaturated/α-hetero) is 1. The van der Waals surface area contributed by atoms with Gasteiger partial charge in [-0.15, -0.1) is 0 Å². The van der Waals surface area contributed by atoms with E-state index in [4.69, 9.17) is 11.6 Å². The maximum Gasteiger partial charge on any atom is 0.229 e. The van der Waals surface area contributed by atoms with Crippen LogP contribution in [0, 0.1) is 12.8 Å². The molecule has 0 fully saturated rings. The fourth-order valence-electron chi connectivity index (χ4n) is 3.34. The molecule has 0 aliphatic heterocycles. The Morgan fingerprint density at radius 1 is 1.10 bits per heavy atom. The summed E-state index contributed by atoms with van der Waals surface area (Å²) in [6.45, 7) is 5.68. The molecule has 0 spiro atoms. The molecule has 0 unspecified atom stereocenters. The van der Waals surface area contributed by atoms with Crippen molar-refractivity contribution in [1.82, 2.24) is 9.97 Å². The number of hydrogen-bond donors (Lipinski definition) is 0. The lowest BCUT2D eigenvalue weighted by molar-refractivity contribution is -0.121. The van der Waals surface area contributed by atoms with Gasteiger partial charge in [0.1, 0.15) is 0 Å². The van der Waals surface area contributed by atoms with Crippen LogP contribution in [-0.2, 0) is 11.2 Å². The minimum atomic E-state index is -0.160. The van der Waals surface area contributed by atoms with Crippen LogP contribution in [0.2, 0.25) is 5.02 Å². The number of amides is 1. The summed E-state index contributed by atoms with van der Waals surface area (Å²) in [4.78, 5) is 35.5. The van der Waals surface area contributed by atoms with Crippen molar-refractivity contribution in [3.05, 3.63) is 76.8 Å². The lowest BCUT2D eigenvalue weighted by atomic mass is 9.97. The van der Waals surface area contributed by atoms with Gasteiger partial charge < -0.3 is 4.90 Å². The van der Waals surface area contributed by atoms with Gasteiger partial charge in [0.15, 0.2) is 5.78 Å². The number of anilines is 1. The van der Waals surface area contributed by atoms with E-state index in [-0.39, 0.29) is 17.6 Å². The summed E-state index contributed by atoms with van der Waals surface area (Å²) in [5, 5.41) is 0.605. The van der Waals surface area contributed by atoms with Crippen LogP contribution in [0.1, 0.15) is 41.9 Å². The highest BCUT2D eigenvalue weighted by molar-refractivity contribution is 6.33. The molecule has 160 valence electrons. The van der Waals surface area contributed by atoms with E-state index in [0.29, 0.717) is 29.1 Å². The minimum absolute atomic E-state index is 0.0230. The number of aryl methyl sites for hydroxylation is 2. The van der Waals surface area contributed by atoms with Crippen molar-refractivity contribution in [3.63, 3.8) is 0 Å². The zero-order valence-electron chi connectivity index (χ0n) is 18.2. The fraction of sp³-hybridized carbons (Fsp3) is 0.280. The Bertz CT molecular complexity index is 1100. The fourth-order valence-corrected chi connectivity index (χ4v) is 3.68. The quantitative estimate of drug-likeness (QED) is 0.457. The Morgan fingerprint density at radius 2 is 1.87 bits per heavy atom. The maximum atomic E-state index is 13.0. The smallest absolute Gasteiger partial charge is 0.229 e. The summed E-state index contributed by atoms with van der Waals surface area (Å²) in [5.74, 6) is -0.208. The Labute approximate surface area is 188 Å². The SMILES string of the molecule is Cc1ccc(-c2cc(C(=O)CCc3cnccn3)cc(N(C)C(=O)C(C)C)c2)c(Cl)c1. The average molecular weight is 436 g/mol. The molecule has 0 aliphatic carbocycles. The zero-order valence-corrected chi connectivity index (χ0v) is 19.0. The van der Waals surface area contributed by atoms with E-state index >= 15 is 0 Å². The lowest BCUT2D eigenvalue weighted by Crippen LogP contribution is -2.30. The molecular weight excluding hydrogens is 410 g/mol. The second-order valence-corrected chi connectivity index (χ2v) is 8.33. The molecular formula is C25H26ClN3O2. The zero-order chi connectivity index (χ0) is 22.5. The van der Waals surface area contributed by atoms with Gasteiger partial charge >= 0.3 is 0 Å².